The zero-order chi connectivity index (χ0) is 14.7. The highest BCUT2D eigenvalue weighted by Gasteiger charge is 2.25. The van der Waals surface area contributed by atoms with E-state index < -0.39 is 0 Å². The van der Waals surface area contributed by atoms with Crippen LogP contribution in [0.25, 0.3) is 0 Å². The van der Waals surface area contributed by atoms with Gasteiger partial charge < -0.3 is 4.90 Å². The molecule has 1 aliphatic heterocycles. The molecule has 1 fully saturated rings. The second kappa shape index (κ2) is 6.22. The monoisotopic (exact) mass is 305 g/mol. The van der Waals surface area contributed by atoms with E-state index in [4.69, 9.17) is 11.6 Å². The number of nitrogens with zero attached hydrogens (tertiary/aromatic N) is 5. The summed E-state index contributed by atoms with van der Waals surface area (Å²) in [6.45, 7) is 1.69. The number of carbonyl (C=O) groups is 1. The van der Waals surface area contributed by atoms with E-state index in [1.807, 2.05) is 4.90 Å². The molecule has 21 heavy (non-hydrogen) atoms. The third-order valence-electron chi connectivity index (χ3n) is 3.67. The Hall–Kier alpha value is -1.95. The summed E-state index contributed by atoms with van der Waals surface area (Å²) in [7, 11) is 0. The van der Waals surface area contributed by atoms with Crippen LogP contribution in [0, 0.1) is 0 Å². The Balaban J connectivity index is 1.64. The largest absolute Gasteiger partial charge is 0.340 e. The molecule has 7 heteroatoms. The first-order valence-corrected chi connectivity index (χ1v) is 7.32. The molecule has 1 atom stereocenters. The standard InChI is InChI=1S/C14H16ClN5O/c15-12-6-18-20(9-12)10-14(21)19-5-1-2-11(8-19)13-7-16-3-4-17-13/h3-4,6-7,9,11H,1-2,5,8,10H2. The predicted octanol–water partition coefficient (Wildman–Crippen LogP) is 1.73. The number of piperidine rings is 1. The van der Waals surface area contributed by atoms with Gasteiger partial charge >= 0.3 is 0 Å². The summed E-state index contributed by atoms with van der Waals surface area (Å²) in [5.41, 5.74) is 0.956. The van der Waals surface area contributed by atoms with Gasteiger partial charge in [-0.25, -0.2) is 0 Å². The Morgan fingerprint density at radius 2 is 2.29 bits per heavy atom. The van der Waals surface area contributed by atoms with Crippen LogP contribution in [-0.4, -0.2) is 43.6 Å². The fourth-order valence-electron chi connectivity index (χ4n) is 2.63. The number of halogens is 1. The van der Waals surface area contributed by atoms with E-state index in [0.717, 1.165) is 25.1 Å². The first-order chi connectivity index (χ1) is 10.2. The van der Waals surface area contributed by atoms with Crippen LogP contribution < -0.4 is 0 Å². The second-order valence-corrected chi connectivity index (χ2v) is 5.60. The van der Waals surface area contributed by atoms with Crippen molar-refractivity contribution in [2.45, 2.75) is 25.3 Å². The van der Waals surface area contributed by atoms with Crippen molar-refractivity contribution in [2.24, 2.45) is 0 Å². The molecule has 0 radical (unpaired) electrons. The molecule has 3 rings (SSSR count). The van der Waals surface area contributed by atoms with Gasteiger partial charge in [0.15, 0.2) is 0 Å². The van der Waals surface area contributed by atoms with Crippen LogP contribution in [0.5, 0.6) is 0 Å². The Morgan fingerprint density at radius 3 is 3.00 bits per heavy atom. The molecular formula is C14H16ClN5O. The summed E-state index contributed by atoms with van der Waals surface area (Å²) in [5, 5.41) is 4.58. The molecule has 0 saturated carbocycles. The van der Waals surface area contributed by atoms with Gasteiger partial charge in [0.05, 0.1) is 16.9 Å². The minimum Gasteiger partial charge on any atom is -0.340 e. The lowest BCUT2D eigenvalue weighted by molar-refractivity contribution is -0.133. The highest BCUT2D eigenvalue weighted by Crippen LogP contribution is 2.25. The van der Waals surface area contributed by atoms with Crippen LogP contribution >= 0.6 is 11.6 Å². The molecule has 0 spiro atoms. The van der Waals surface area contributed by atoms with Crippen LogP contribution in [0.3, 0.4) is 0 Å². The fraction of sp³-hybridized carbons (Fsp3) is 0.429. The maximum atomic E-state index is 12.3. The van der Waals surface area contributed by atoms with Gasteiger partial charge in [-0.05, 0) is 12.8 Å². The molecular weight excluding hydrogens is 290 g/mol. The lowest BCUT2D eigenvalue weighted by Crippen LogP contribution is -2.41. The molecule has 3 heterocycles. The van der Waals surface area contributed by atoms with Crippen molar-refractivity contribution in [2.75, 3.05) is 13.1 Å². The van der Waals surface area contributed by atoms with E-state index in [9.17, 15) is 4.79 Å². The predicted molar refractivity (Wildman–Crippen MR) is 77.8 cm³/mol. The molecule has 6 nitrogen and oxygen atoms in total. The van der Waals surface area contributed by atoms with Crippen molar-refractivity contribution in [1.29, 1.82) is 0 Å². The number of hydrogen-bond acceptors (Lipinski definition) is 4. The third kappa shape index (κ3) is 3.39. The Morgan fingerprint density at radius 1 is 1.38 bits per heavy atom. The zero-order valence-corrected chi connectivity index (χ0v) is 12.3. The van der Waals surface area contributed by atoms with Gasteiger partial charge in [0.1, 0.15) is 6.54 Å². The Kier molecular flexibility index (Phi) is 4.15. The molecule has 1 saturated heterocycles. The van der Waals surface area contributed by atoms with Crippen LogP contribution in [0.4, 0.5) is 0 Å². The van der Waals surface area contributed by atoms with Crippen molar-refractivity contribution >= 4 is 17.5 Å². The van der Waals surface area contributed by atoms with Gasteiger partial charge in [0.25, 0.3) is 0 Å². The summed E-state index contributed by atoms with van der Waals surface area (Å²) in [4.78, 5) is 22.7. The average molecular weight is 306 g/mol. The second-order valence-electron chi connectivity index (χ2n) is 5.17. The molecule has 0 aliphatic carbocycles. The fourth-order valence-corrected chi connectivity index (χ4v) is 2.79. The average Bonchev–Trinajstić information content (AvgIpc) is 2.93. The number of hydrogen-bond donors (Lipinski definition) is 0. The molecule has 1 unspecified atom stereocenters. The van der Waals surface area contributed by atoms with Crippen LogP contribution in [0.15, 0.2) is 31.0 Å². The molecule has 110 valence electrons. The summed E-state index contributed by atoms with van der Waals surface area (Å²) < 4.78 is 1.57. The van der Waals surface area contributed by atoms with Crippen molar-refractivity contribution in [3.8, 4) is 0 Å². The summed E-state index contributed by atoms with van der Waals surface area (Å²) in [5.74, 6) is 0.320. The molecule has 0 aromatic carbocycles. The highest BCUT2D eigenvalue weighted by molar-refractivity contribution is 6.30. The molecule has 2 aromatic rings. The Labute approximate surface area is 127 Å². The van der Waals surface area contributed by atoms with Gasteiger partial charge in [-0.15, -0.1) is 0 Å². The minimum absolute atomic E-state index is 0.0587. The maximum Gasteiger partial charge on any atom is 0.244 e. The quantitative estimate of drug-likeness (QED) is 0.866. The summed E-state index contributed by atoms with van der Waals surface area (Å²) in [6.07, 6.45) is 10.4. The zero-order valence-electron chi connectivity index (χ0n) is 11.5. The van der Waals surface area contributed by atoms with Crippen LogP contribution in [0.1, 0.15) is 24.5 Å². The normalized spacial score (nSPS) is 18.7. The van der Waals surface area contributed by atoms with Crippen molar-refractivity contribution in [3.05, 3.63) is 41.7 Å². The SMILES string of the molecule is O=C(Cn1cc(Cl)cn1)N1CCCC(c2cnccn2)C1. The van der Waals surface area contributed by atoms with E-state index in [-0.39, 0.29) is 18.4 Å². The van der Waals surface area contributed by atoms with Crippen LogP contribution in [0.2, 0.25) is 5.02 Å². The summed E-state index contributed by atoms with van der Waals surface area (Å²) >= 11 is 5.81. The first-order valence-electron chi connectivity index (χ1n) is 6.94. The minimum atomic E-state index is 0.0587. The number of amides is 1. The molecule has 0 N–H and O–H groups in total. The van der Waals surface area contributed by atoms with Gasteiger partial charge in [0, 0.05) is 43.8 Å². The van der Waals surface area contributed by atoms with Crippen LogP contribution in [-0.2, 0) is 11.3 Å². The number of aromatic nitrogens is 4. The van der Waals surface area contributed by atoms with Gasteiger partial charge in [-0.3, -0.25) is 19.4 Å². The topological polar surface area (TPSA) is 63.9 Å². The number of rotatable bonds is 3. The lowest BCUT2D eigenvalue weighted by Gasteiger charge is -2.32. The summed E-state index contributed by atoms with van der Waals surface area (Å²) in [6, 6.07) is 0. The van der Waals surface area contributed by atoms with E-state index in [1.54, 1.807) is 29.5 Å². The number of likely N-dealkylation sites (tertiary alicyclic amines) is 1. The smallest absolute Gasteiger partial charge is 0.244 e. The van der Waals surface area contributed by atoms with Crippen molar-refractivity contribution in [3.63, 3.8) is 0 Å². The van der Waals surface area contributed by atoms with E-state index in [0.29, 0.717) is 11.6 Å². The van der Waals surface area contributed by atoms with Gasteiger partial charge in [-0.2, -0.15) is 5.10 Å². The third-order valence-corrected chi connectivity index (χ3v) is 3.87. The lowest BCUT2D eigenvalue weighted by atomic mass is 9.95. The molecule has 2 aromatic heterocycles. The van der Waals surface area contributed by atoms with Gasteiger partial charge in [0.2, 0.25) is 5.91 Å². The van der Waals surface area contributed by atoms with Crippen molar-refractivity contribution < 1.29 is 4.79 Å². The highest BCUT2D eigenvalue weighted by atomic mass is 35.5. The van der Waals surface area contributed by atoms with Crippen molar-refractivity contribution in [1.82, 2.24) is 24.6 Å². The van der Waals surface area contributed by atoms with Gasteiger partial charge in [-0.1, -0.05) is 11.6 Å². The van der Waals surface area contributed by atoms with E-state index >= 15 is 0 Å². The molecule has 1 amide bonds. The first kappa shape index (κ1) is 14.0. The number of carbonyl (C=O) groups excluding carboxylic acids is 1. The Bertz CT molecular complexity index is 615. The van der Waals surface area contributed by atoms with E-state index in [2.05, 4.69) is 15.1 Å². The maximum absolute atomic E-state index is 12.3. The molecule has 1 aliphatic rings. The van der Waals surface area contributed by atoms with E-state index in [1.165, 1.54) is 6.20 Å². The molecule has 0 bridgehead atoms.